The van der Waals surface area contributed by atoms with Gasteiger partial charge in [-0.1, -0.05) is 13.8 Å². The van der Waals surface area contributed by atoms with Crippen molar-refractivity contribution in [1.82, 2.24) is 10.2 Å². The average molecular weight is 346 g/mol. The molecule has 0 aromatic heterocycles. The first-order valence-corrected chi connectivity index (χ1v) is 8.15. The molecule has 0 aromatic carbocycles. The van der Waals surface area contributed by atoms with E-state index in [1.165, 1.54) is 12.8 Å². The zero-order valence-electron chi connectivity index (χ0n) is 12.5. The van der Waals surface area contributed by atoms with Gasteiger partial charge in [-0.05, 0) is 31.8 Å². The van der Waals surface area contributed by atoms with Gasteiger partial charge in [0.2, 0.25) is 5.91 Å². The van der Waals surface area contributed by atoms with Gasteiger partial charge in [0.25, 0.3) is 0 Å². The first kappa shape index (κ1) is 22.6. The van der Waals surface area contributed by atoms with E-state index < -0.39 is 0 Å². The first-order chi connectivity index (χ1) is 8.67. The highest BCUT2D eigenvalue weighted by Gasteiger charge is 2.28. The Kier molecular flexibility index (Phi) is 14.7. The van der Waals surface area contributed by atoms with Crippen LogP contribution in [0.15, 0.2) is 0 Å². The Hall–Kier alpha value is 0.320. The van der Waals surface area contributed by atoms with E-state index in [4.69, 9.17) is 5.73 Å². The molecule has 0 heterocycles. The van der Waals surface area contributed by atoms with Gasteiger partial charge in [0.1, 0.15) is 0 Å². The Morgan fingerprint density at radius 2 is 1.95 bits per heavy atom. The predicted octanol–water partition coefficient (Wildman–Crippen LogP) is 1.76. The zero-order chi connectivity index (χ0) is 13.4. The topological polar surface area (TPSA) is 58.4 Å². The molecule has 4 nitrogen and oxygen atoms in total. The summed E-state index contributed by atoms with van der Waals surface area (Å²) in [6.45, 7) is 8.20. The molecule has 3 N–H and O–H groups in total. The van der Waals surface area contributed by atoms with E-state index in [-0.39, 0.29) is 36.8 Å². The van der Waals surface area contributed by atoms with Crippen molar-refractivity contribution < 1.29 is 4.79 Å². The lowest BCUT2D eigenvalue weighted by Crippen LogP contribution is -2.39. The fraction of sp³-hybridized carbons (Fsp3) is 0.923. The fourth-order valence-corrected chi connectivity index (χ4v) is 2.69. The van der Waals surface area contributed by atoms with Crippen LogP contribution in [-0.2, 0) is 4.79 Å². The standard InChI is InChI=1S/C13H27N3OS.2ClH/c1-3-16(4-2)7-8-18-10-13(17)15-9-12(14)11-5-6-11;;/h11-12H,3-10,14H2,1-2H3,(H,15,17);2*1H. The van der Waals surface area contributed by atoms with Gasteiger partial charge in [-0.2, -0.15) is 11.8 Å². The van der Waals surface area contributed by atoms with Gasteiger partial charge in [0, 0.05) is 24.9 Å². The van der Waals surface area contributed by atoms with E-state index in [0.717, 1.165) is 25.4 Å². The molecule has 7 heteroatoms. The minimum absolute atomic E-state index is 0. The zero-order valence-corrected chi connectivity index (χ0v) is 14.9. The fourth-order valence-electron chi connectivity index (χ4n) is 1.87. The summed E-state index contributed by atoms with van der Waals surface area (Å²) in [5.41, 5.74) is 5.93. The maximum Gasteiger partial charge on any atom is 0.230 e. The number of nitrogens with zero attached hydrogens (tertiary/aromatic N) is 1. The molecular formula is C13H29Cl2N3OS. The molecule has 20 heavy (non-hydrogen) atoms. The number of hydrogen-bond acceptors (Lipinski definition) is 4. The van der Waals surface area contributed by atoms with E-state index in [1.807, 2.05) is 0 Å². The lowest BCUT2D eigenvalue weighted by molar-refractivity contribution is -0.118. The Bertz CT molecular complexity index is 252. The molecule has 1 unspecified atom stereocenters. The van der Waals surface area contributed by atoms with Crippen molar-refractivity contribution >= 4 is 42.5 Å². The van der Waals surface area contributed by atoms with Gasteiger partial charge < -0.3 is 16.0 Å². The molecule has 0 radical (unpaired) electrons. The van der Waals surface area contributed by atoms with Crippen LogP contribution in [0.1, 0.15) is 26.7 Å². The molecule has 1 aliphatic carbocycles. The maximum absolute atomic E-state index is 11.6. The number of halogens is 2. The predicted molar refractivity (Wildman–Crippen MR) is 93.3 cm³/mol. The third kappa shape index (κ3) is 10.1. The average Bonchev–Trinajstić information content (AvgIpc) is 3.20. The van der Waals surface area contributed by atoms with Crippen molar-refractivity contribution in [1.29, 1.82) is 0 Å². The van der Waals surface area contributed by atoms with Crippen molar-refractivity contribution in [3.63, 3.8) is 0 Å². The van der Waals surface area contributed by atoms with Crippen LogP contribution < -0.4 is 11.1 Å². The molecule has 0 aromatic rings. The van der Waals surface area contributed by atoms with Crippen LogP contribution in [0.3, 0.4) is 0 Å². The van der Waals surface area contributed by atoms with Crippen LogP contribution in [0.5, 0.6) is 0 Å². The Balaban J connectivity index is 0. The normalized spacial score (nSPS) is 15.2. The van der Waals surface area contributed by atoms with Crippen LogP contribution in [0, 0.1) is 5.92 Å². The SMILES string of the molecule is CCN(CC)CCSCC(=O)NCC(N)C1CC1.Cl.Cl. The third-order valence-corrected chi connectivity index (χ3v) is 4.38. The number of carbonyl (C=O) groups is 1. The summed E-state index contributed by atoms with van der Waals surface area (Å²) in [6.07, 6.45) is 2.46. The highest BCUT2D eigenvalue weighted by molar-refractivity contribution is 7.99. The molecule has 0 saturated heterocycles. The second kappa shape index (κ2) is 13.0. The molecule has 1 rings (SSSR count). The summed E-state index contributed by atoms with van der Waals surface area (Å²) >= 11 is 1.70. The summed E-state index contributed by atoms with van der Waals surface area (Å²) in [7, 11) is 0. The summed E-state index contributed by atoms with van der Waals surface area (Å²) in [5.74, 6) is 2.35. The van der Waals surface area contributed by atoms with Crippen LogP contribution in [-0.4, -0.2) is 54.5 Å². The van der Waals surface area contributed by atoms with Gasteiger partial charge in [-0.15, -0.1) is 24.8 Å². The van der Waals surface area contributed by atoms with Crippen LogP contribution in [0.4, 0.5) is 0 Å². The molecule has 1 aliphatic rings. The number of nitrogens with two attached hydrogens (primary N) is 1. The van der Waals surface area contributed by atoms with Crippen LogP contribution in [0.25, 0.3) is 0 Å². The van der Waals surface area contributed by atoms with E-state index in [1.54, 1.807) is 11.8 Å². The van der Waals surface area contributed by atoms with Crippen molar-refractivity contribution in [2.45, 2.75) is 32.7 Å². The molecule has 0 aliphatic heterocycles. The van der Waals surface area contributed by atoms with E-state index in [0.29, 0.717) is 18.2 Å². The second-order valence-corrected chi connectivity index (χ2v) is 5.99. The van der Waals surface area contributed by atoms with Gasteiger partial charge in [-0.3, -0.25) is 4.79 Å². The summed E-state index contributed by atoms with van der Waals surface area (Å²) < 4.78 is 0. The van der Waals surface area contributed by atoms with E-state index in [2.05, 4.69) is 24.1 Å². The van der Waals surface area contributed by atoms with Gasteiger partial charge in [0.05, 0.1) is 5.75 Å². The van der Waals surface area contributed by atoms with E-state index in [9.17, 15) is 4.79 Å². The summed E-state index contributed by atoms with van der Waals surface area (Å²) in [5, 5.41) is 2.92. The second-order valence-electron chi connectivity index (χ2n) is 4.88. The molecule has 1 fully saturated rings. The molecule has 0 bridgehead atoms. The first-order valence-electron chi connectivity index (χ1n) is 6.99. The number of amides is 1. The Morgan fingerprint density at radius 1 is 1.35 bits per heavy atom. The Morgan fingerprint density at radius 3 is 2.45 bits per heavy atom. The monoisotopic (exact) mass is 345 g/mol. The minimum Gasteiger partial charge on any atom is -0.354 e. The number of thioether (sulfide) groups is 1. The number of nitrogens with one attached hydrogen (secondary N) is 1. The number of carbonyl (C=O) groups excluding carboxylic acids is 1. The third-order valence-electron chi connectivity index (χ3n) is 3.44. The van der Waals surface area contributed by atoms with Crippen molar-refractivity contribution in [2.75, 3.05) is 37.7 Å². The quantitative estimate of drug-likeness (QED) is 0.592. The van der Waals surface area contributed by atoms with Crippen LogP contribution in [0.2, 0.25) is 0 Å². The van der Waals surface area contributed by atoms with Gasteiger partial charge >= 0.3 is 0 Å². The van der Waals surface area contributed by atoms with Crippen molar-refractivity contribution in [3.8, 4) is 0 Å². The van der Waals surface area contributed by atoms with Gasteiger partial charge in [-0.25, -0.2) is 0 Å². The molecular weight excluding hydrogens is 317 g/mol. The molecule has 122 valence electrons. The van der Waals surface area contributed by atoms with E-state index >= 15 is 0 Å². The highest BCUT2D eigenvalue weighted by Crippen LogP contribution is 2.31. The highest BCUT2D eigenvalue weighted by atomic mass is 35.5. The largest absolute Gasteiger partial charge is 0.354 e. The molecule has 0 spiro atoms. The molecule has 1 saturated carbocycles. The smallest absolute Gasteiger partial charge is 0.230 e. The van der Waals surface area contributed by atoms with Gasteiger partial charge in [0.15, 0.2) is 0 Å². The lowest BCUT2D eigenvalue weighted by atomic mass is 10.2. The number of hydrogen-bond donors (Lipinski definition) is 2. The number of rotatable bonds is 10. The lowest BCUT2D eigenvalue weighted by Gasteiger charge is -2.17. The molecule has 1 amide bonds. The maximum atomic E-state index is 11.6. The summed E-state index contributed by atoms with van der Waals surface area (Å²) in [6, 6.07) is 0.162. The minimum atomic E-state index is 0. The van der Waals surface area contributed by atoms with Crippen molar-refractivity contribution in [2.24, 2.45) is 11.7 Å². The van der Waals surface area contributed by atoms with Crippen molar-refractivity contribution in [3.05, 3.63) is 0 Å². The Labute approximate surface area is 139 Å². The molecule has 1 atom stereocenters. The summed E-state index contributed by atoms with van der Waals surface area (Å²) in [4.78, 5) is 13.9. The van der Waals surface area contributed by atoms with Crippen LogP contribution >= 0.6 is 36.6 Å².